The van der Waals surface area contributed by atoms with Gasteiger partial charge in [0.05, 0.1) is 0 Å². The van der Waals surface area contributed by atoms with Crippen LogP contribution in [0, 0.1) is 5.41 Å². The highest BCUT2D eigenvalue weighted by molar-refractivity contribution is 4.99. The lowest BCUT2D eigenvalue weighted by molar-refractivity contribution is -0.0593. The van der Waals surface area contributed by atoms with Crippen LogP contribution in [0.3, 0.4) is 0 Å². The van der Waals surface area contributed by atoms with Gasteiger partial charge in [0.25, 0.3) is 0 Å². The average Bonchev–Trinajstić information content (AvgIpc) is 2.28. The molecule has 1 spiro atoms. The highest BCUT2D eigenvalue weighted by Crippen LogP contribution is 2.44. The van der Waals surface area contributed by atoms with E-state index in [1.165, 1.54) is 71.1 Å². The predicted octanol–water partition coefficient (Wildman–Crippen LogP) is 2.00. The van der Waals surface area contributed by atoms with Crippen LogP contribution in [0.25, 0.3) is 0 Å². The molecule has 2 heterocycles. The Morgan fingerprint density at radius 3 is 2.47 bits per heavy atom. The van der Waals surface area contributed by atoms with Gasteiger partial charge in [-0.1, -0.05) is 19.3 Å². The smallest absolute Gasteiger partial charge is 0.0221 e. The average molecular weight is 208 g/mol. The third kappa shape index (κ3) is 1.94. The highest BCUT2D eigenvalue weighted by Gasteiger charge is 2.45. The van der Waals surface area contributed by atoms with Crippen molar-refractivity contribution in [2.24, 2.45) is 5.41 Å². The minimum Gasteiger partial charge on any atom is -0.315 e. The Kier molecular flexibility index (Phi) is 2.73. The van der Waals surface area contributed by atoms with Crippen LogP contribution in [-0.2, 0) is 0 Å². The van der Waals surface area contributed by atoms with Crippen LogP contribution in [0.15, 0.2) is 0 Å². The first-order valence-corrected chi connectivity index (χ1v) is 6.83. The second-order valence-corrected chi connectivity index (χ2v) is 5.97. The Balaban J connectivity index is 1.51. The Bertz CT molecular complexity index is 207. The molecule has 0 aromatic carbocycles. The van der Waals surface area contributed by atoms with Crippen LogP contribution in [0.2, 0.25) is 0 Å². The van der Waals surface area contributed by atoms with Gasteiger partial charge in [0, 0.05) is 25.7 Å². The molecular weight excluding hydrogens is 184 g/mol. The third-order valence-corrected chi connectivity index (χ3v) is 4.78. The van der Waals surface area contributed by atoms with Gasteiger partial charge in [0.2, 0.25) is 0 Å². The molecule has 2 heteroatoms. The van der Waals surface area contributed by atoms with Crippen molar-refractivity contribution < 1.29 is 0 Å². The van der Waals surface area contributed by atoms with Crippen molar-refractivity contribution in [2.45, 2.75) is 51.0 Å². The highest BCUT2D eigenvalue weighted by atomic mass is 15.3. The maximum absolute atomic E-state index is 3.53. The van der Waals surface area contributed by atoms with Gasteiger partial charge in [-0.15, -0.1) is 0 Å². The van der Waals surface area contributed by atoms with Crippen LogP contribution in [0.1, 0.15) is 44.9 Å². The summed E-state index contributed by atoms with van der Waals surface area (Å²) in [5, 5.41) is 3.53. The zero-order valence-corrected chi connectivity index (χ0v) is 9.80. The van der Waals surface area contributed by atoms with Crippen molar-refractivity contribution in [3.63, 3.8) is 0 Å². The van der Waals surface area contributed by atoms with Crippen LogP contribution in [0.5, 0.6) is 0 Å². The molecule has 0 radical (unpaired) electrons. The molecule has 86 valence electrons. The lowest BCUT2D eigenvalue weighted by atomic mass is 9.68. The molecule has 0 bridgehead atoms. The summed E-state index contributed by atoms with van der Waals surface area (Å²) < 4.78 is 0. The first-order valence-electron chi connectivity index (χ1n) is 6.83. The van der Waals surface area contributed by atoms with E-state index in [2.05, 4.69) is 10.2 Å². The van der Waals surface area contributed by atoms with Gasteiger partial charge in [0.15, 0.2) is 0 Å². The molecule has 0 aromatic rings. The van der Waals surface area contributed by atoms with Gasteiger partial charge in [-0.2, -0.15) is 0 Å². The molecule has 2 nitrogen and oxygen atoms in total. The van der Waals surface area contributed by atoms with Crippen LogP contribution in [-0.4, -0.2) is 37.1 Å². The summed E-state index contributed by atoms with van der Waals surface area (Å²) in [6.07, 6.45) is 10.3. The molecule has 0 amide bonds. The molecule has 3 aliphatic rings. The van der Waals surface area contributed by atoms with E-state index in [1.54, 1.807) is 0 Å². The minimum absolute atomic E-state index is 0.774. The van der Waals surface area contributed by atoms with E-state index in [0.29, 0.717) is 0 Å². The molecule has 2 saturated heterocycles. The van der Waals surface area contributed by atoms with Crippen molar-refractivity contribution >= 4 is 0 Å². The van der Waals surface area contributed by atoms with Crippen LogP contribution >= 0.6 is 0 Å². The molecule has 1 unspecified atom stereocenters. The molecule has 3 rings (SSSR count). The summed E-state index contributed by atoms with van der Waals surface area (Å²) in [5.41, 5.74) is 0.774. The van der Waals surface area contributed by atoms with Crippen LogP contribution in [0.4, 0.5) is 0 Å². The van der Waals surface area contributed by atoms with Crippen LogP contribution < -0.4 is 5.32 Å². The predicted molar refractivity (Wildman–Crippen MR) is 63.0 cm³/mol. The molecule has 15 heavy (non-hydrogen) atoms. The maximum atomic E-state index is 3.53. The number of hydrogen-bond donors (Lipinski definition) is 1. The topological polar surface area (TPSA) is 15.3 Å². The number of nitrogens with zero attached hydrogens (tertiary/aromatic N) is 1. The van der Waals surface area contributed by atoms with E-state index in [9.17, 15) is 0 Å². The van der Waals surface area contributed by atoms with Crippen molar-refractivity contribution in [3.05, 3.63) is 0 Å². The minimum atomic E-state index is 0.774. The number of piperidine rings is 1. The fraction of sp³-hybridized carbons (Fsp3) is 1.00. The summed E-state index contributed by atoms with van der Waals surface area (Å²) in [6.45, 7) is 5.32. The van der Waals surface area contributed by atoms with Crippen molar-refractivity contribution in [1.82, 2.24) is 10.2 Å². The third-order valence-electron chi connectivity index (χ3n) is 4.78. The van der Waals surface area contributed by atoms with Gasteiger partial charge in [-0.05, 0) is 37.6 Å². The van der Waals surface area contributed by atoms with E-state index in [0.717, 1.165) is 11.5 Å². The quantitative estimate of drug-likeness (QED) is 0.709. The summed E-state index contributed by atoms with van der Waals surface area (Å²) in [4.78, 5) is 2.75. The van der Waals surface area contributed by atoms with Gasteiger partial charge >= 0.3 is 0 Å². The monoisotopic (exact) mass is 208 g/mol. The van der Waals surface area contributed by atoms with E-state index in [1.807, 2.05) is 0 Å². The molecule has 1 N–H and O–H groups in total. The van der Waals surface area contributed by atoms with E-state index >= 15 is 0 Å². The van der Waals surface area contributed by atoms with E-state index < -0.39 is 0 Å². The second-order valence-electron chi connectivity index (χ2n) is 5.97. The number of nitrogens with one attached hydrogen (secondary N) is 1. The van der Waals surface area contributed by atoms with Crippen molar-refractivity contribution in [1.29, 1.82) is 0 Å². The summed E-state index contributed by atoms with van der Waals surface area (Å²) >= 11 is 0. The lowest BCUT2D eigenvalue weighted by Crippen LogP contribution is -2.62. The van der Waals surface area contributed by atoms with Gasteiger partial charge < -0.3 is 5.32 Å². The Hall–Kier alpha value is -0.0800. The maximum Gasteiger partial charge on any atom is 0.0221 e. The number of rotatable bonds is 1. The summed E-state index contributed by atoms with van der Waals surface area (Å²) in [7, 11) is 0. The first-order chi connectivity index (χ1) is 7.38. The Morgan fingerprint density at radius 2 is 1.80 bits per heavy atom. The summed E-state index contributed by atoms with van der Waals surface area (Å²) in [6, 6.07) is 0.867. The molecular formula is C13H24N2. The molecule has 3 fully saturated rings. The molecule has 1 saturated carbocycles. The number of hydrogen-bond acceptors (Lipinski definition) is 2. The van der Waals surface area contributed by atoms with E-state index in [-0.39, 0.29) is 0 Å². The molecule has 1 aliphatic carbocycles. The SMILES string of the molecule is C1CCC2(CC1)CN(C1CCCNC1)C2. The Labute approximate surface area is 93.4 Å². The zero-order chi connectivity index (χ0) is 10.1. The first kappa shape index (κ1) is 10.1. The molecule has 0 aromatic heterocycles. The van der Waals surface area contributed by atoms with Gasteiger partial charge in [0.1, 0.15) is 0 Å². The zero-order valence-electron chi connectivity index (χ0n) is 9.80. The molecule has 2 aliphatic heterocycles. The normalized spacial score (nSPS) is 36.4. The largest absolute Gasteiger partial charge is 0.315 e. The molecule has 1 atom stereocenters. The van der Waals surface area contributed by atoms with Crippen molar-refractivity contribution in [3.8, 4) is 0 Å². The van der Waals surface area contributed by atoms with Gasteiger partial charge in [-0.3, -0.25) is 4.90 Å². The number of likely N-dealkylation sites (tertiary alicyclic amines) is 1. The fourth-order valence-electron chi connectivity index (χ4n) is 3.84. The Morgan fingerprint density at radius 1 is 1.00 bits per heavy atom. The fourth-order valence-corrected chi connectivity index (χ4v) is 3.84. The van der Waals surface area contributed by atoms with Crippen molar-refractivity contribution in [2.75, 3.05) is 26.2 Å². The standard InChI is InChI=1S/C13H24N2/c1-2-6-13(7-3-1)10-15(11-13)12-5-4-8-14-9-12/h12,14H,1-11H2. The summed E-state index contributed by atoms with van der Waals surface area (Å²) in [5.74, 6) is 0. The van der Waals surface area contributed by atoms with Gasteiger partial charge in [-0.25, -0.2) is 0 Å². The van der Waals surface area contributed by atoms with E-state index in [4.69, 9.17) is 0 Å². The lowest BCUT2D eigenvalue weighted by Gasteiger charge is -2.56. The second kappa shape index (κ2) is 4.06.